The Morgan fingerprint density at radius 1 is 1.18 bits per heavy atom. The van der Waals surface area contributed by atoms with Crippen LogP contribution in [0.1, 0.15) is 52.9 Å². The van der Waals surface area contributed by atoms with E-state index in [1.54, 1.807) is 0 Å². The van der Waals surface area contributed by atoms with Crippen LogP contribution in [-0.4, -0.2) is 25.0 Å². The Kier molecular flexibility index (Phi) is 3.48. The molecule has 98 valence electrons. The predicted molar refractivity (Wildman–Crippen MR) is 69.8 cm³/mol. The van der Waals surface area contributed by atoms with Gasteiger partial charge < -0.3 is 10.6 Å². The molecule has 1 aliphatic heterocycles. The van der Waals surface area contributed by atoms with E-state index in [9.17, 15) is 4.79 Å². The van der Waals surface area contributed by atoms with Crippen molar-refractivity contribution in [2.45, 2.75) is 58.9 Å². The number of hydrogen-bond acceptors (Lipinski definition) is 2. The first kappa shape index (κ1) is 12.9. The molecule has 0 aromatic carbocycles. The highest BCUT2D eigenvalue weighted by molar-refractivity contribution is 5.83. The summed E-state index contributed by atoms with van der Waals surface area (Å²) in [5.41, 5.74) is 0.299. The van der Waals surface area contributed by atoms with Gasteiger partial charge in [0.2, 0.25) is 5.91 Å². The zero-order chi connectivity index (χ0) is 12.5. The van der Waals surface area contributed by atoms with Crippen molar-refractivity contribution >= 4 is 5.91 Å². The third kappa shape index (κ3) is 3.01. The molecule has 17 heavy (non-hydrogen) atoms. The molecular weight excluding hydrogens is 212 g/mol. The molecule has 0 radical (unpaired) electrons. The van der Waals surface area contributed by atoms with Crippen LogP contribution in [0.25, 0.3) is 0 Å². The summed E-state index contributed by atoms with van der Waals surface area (Å²) in [5.74, 6) is 0.257. The van der Waals surface area contributed by atoms with Crippen molar-refractivity contribution in [2.24, 2.45) is 10.8 Å². The van der Waals surface area contributed by atoms with Crippen LogP contribution in [0.5, 0.6) is 0 Å². The molecule has 1 aliphatic carbocycles. The van der Waals surface area contributed by atoms with Gasteiger partial charge in [0.1, 0.15) is 0 Å². The fourth-order valence-corrected chi connectivity index (χ4v) is 2.91. The average Bonchev–Trinajstić information content (AvgIpc) is 2.70. The first-order valence-electron chi connectivity index (χ1n) is 6.93. The predicted octanol–water partition coefficient (Wildman–Crippen LogP) is 2.07. The van der Waals surface area contributed by atoms with Gasteiger partial charge in [-0.15, -0.1) is 0 Å². The molecule has 1 saturated carbocycles. The summed E-state index contributed by atoms with van der Waals surface area (Å²) in [6.45, 7) is 8.54. The largest absolute Gasteiger partial charge is 0.353 e. The molecule has 0 aromatic rings. The summed E-state index contributed by atoms with van der Waals surface area (Å²) in [6, 6.07) is 0.410. The standard InChI is InChI=1S/C14H26N2O/c1-13(2)6-4-11(5-7-13)16-12(17)14(3)8-9-15-10-14/h11,15H,4-10H2,1-3H3,(H,16,17). The van der Waals surface area contributed by atoms with E-state index in [0.717, 1.165) is 32.4 Å². The van der Waals surface area contributed by atoms with Gasteiger partial charge in [0, 0.05) is 12.6 Å². The highest BCUT2D eigenvalue weighted by Gasteiger charge is 2.38. The SMILES string of the molecule is CC1(C)CCC(NC(=O)C2(C)CCNC2)CC1. The molecule has 2 rings (SSSR count). The molecule has 1 amide bonds. The Bertz CT molecular complexity index is 283. The molecule has 1 heterocycles. The van der Waals surface area contributed by atoms with Gasteiger partial charge in [0.15, 0.2) is 0 Å². The molecular formula is C14H26N2O. The number of carbonyl (C=O) groups excluding carboxylic acids is 1. The van der Waals surface area contributed by atoms with E-state index in [4.69, 9.17) is 0 Å². The topological polar surface area (TPSA) is 41.1 Å². The number of rotatable bonds is 2. The van der Waals surface area contributed by atoms with E-state index < -0.39 is 0 Å². The zero-order valence-corrected chi connectivity index (χ0v) is 11.4. The molecule has 1 unspecified atom stereocenters. The monoisotopic (exact) mass is 238 g/mol. The lowest BCUT2D eigenvalue weighted by Crippen LogP contribution is -2.47. The quantitative estimate of drug-likeness (QED) is 0.773. The van der Waals surface area contributed by atoms with Crippen molar-refractivity contribution in [2.75, 3.05) is 13.1 Å². The van der Waals surface area contributed by atoms with Crippen LogP contribution >= 0.6 is 0 Å². The fraction of sp³-hybridized carbons (Fsp3) is 0.929. The lowest BCUT2D eigenvalue weighted by Gasteiger charge is -2.36. The van der Waals surface area contributed by atoms with Gasteiger partial charge >= 0.3 is 0 Å². The minimum Gasteiger partial charge on any atom is -0.353 e. The lowest BCUT2D eigenvalue weighted by molar-refractivity contribution is -0.130. The third-order valence-corrected chi connectivity index (χ3v) is 4.59. The summed E-state index contributed by atoms with van der Waals surface area (Å²) >= 11 is 0. The summed E-state index contributed by atoms with van der Waals surface area (Å²) < 4.78 is 0. The van der Waals surface area contributed by atoms with Gasteiger partial charge in [-0.2, -0.15) is 0 Å². The van der Waals surface area contributed by atoms with E-state index in [0.29, 0.717) is 11.5 Å². The van der Waals surface area contributed by atoms with Crippen molar-refractivity contribution in [1.82, 2.24) is 10.6 Å². The second-order valence-corrected chi connectivity index (χ2v) is 6.90. The maximum Gasteiger partial charge on any atom is 0.227 e. The van der Waals surface area contributed by atoms with Crippen LogP contribution in [0.2, 0.25) is 0 Å². The van der Waals surface area contributed by atoms with Crippen LogP contribution in [0.15, 0.2) is 0 Å². The van der Waals surface area contributed by atoms with Gasteiger partial charge in [0.25, 0.3) is 0 Å². The maximum atomic E-state index is 12.2. The van der Waals surface area contributed by atoms with Crippen molar-refractivity contribution in [3.8, 4) is 0 Å². The summed E-state index contributed by atoms with van der Waals surface area (Å²) in [7, 11) is 0. The molecule has 3 heteroatoms. The minimum absolute atomic E-state index is 0.174. The number of nitrogens with one attached hydrogen (secondary N) is 2. The van der Waals surface area contributed by atoms with Crippen molar-refractivity contribution in [1.29, 1.82) is 0 Å². The van der Waals surface area contributed by atoms with Gasteiger partial charge in [-0.05, 0) is 51.0 Å². The van der Waals surface area contributed by atoms with Gasteiger partial charge in [-0.3, -0.25) is 4.79 Å². The molecule has 2 aliphatic rings. The molecule has 0 spiro atoms. The van der Waals surface area contributed by atoms with Crippen LogP contribution in [0.4, 0.5) is 0 Å². The smallest absolute Gasteiger partial charge is 0.227 e. The molecule has 2 N–H and O–H groups in total. The Morgan fingerprint density at radius 2 is 1.82 bits per heavy atom. The Hall–Kier alpha value is -0.570. The van der Waals surface area contributed by atoms with Crippen LogP contribution < -0.4 is 10.6 Å². The van der Waals surface area contributed by atoms with E-state index in [1.807, 2.05) is 0 Å². The second kappa shape index (κ2) is 4.60. The van der Waals surface area contributed by atoms with E-state index in [2.05, 4.69) is 31.4 Å². The maximum absolute atomic E-state index is 12.2. The Labute approximate surface area is 105 Å². The lowest BCUT2D eigenvalue weighted by atomic mass is 9.75. The molecule has 3 nitrogen and oxygen atoms in total. The van der Waals surface area contributed by atoms with E-state index in [1.165, 1.54) is 12.8 Å². The molecule has 0 bridgehead atoms. The molecule has 0 aromatic heterocycles. The molecule has 1 atom stereocenters. The molecule has 1 saturated heterocycles. The van der Waals surface area contributed by atoms with Crippen LogP contribution in [0, 0.1) is 10.8 Å². The van der Waals surface area contributed by atoms with E-state index >= 15 is 0 Å². The fourth-order valence-electron chi connectivity index (χ4n) is 2.91. The summed E-state index contributed by atoms with van der Waals surface area (Å²) in [4.78, 5) is 12.2. The third-order valence-electron chi connectivity index (χ3n) is 4.59. The number of hydrogen-bond donors (Lipinski definition) is 2. The van der Waals surface area contributed by atoms with Crippen molar-refractivity contribution in [3.63, 3.8) is 0 Å². The normalized spacial score (nSPS) is 33.6. The highest BCUT2D eigenvalue weighted by atomic mass is 16.2. The van der Waals surface area contributed by atoms with Crippen molar-refractivity contribution < 1.29 is 4.79 Å². The molecule has 2 fully saturated rings. The highest BCUT2D eigenvalue weighted by Crippen LogP contribution is 2.35. The first-order valence-corrected chi connectivity index (χ1v) is 6.93. The number of carbonyl (C=O) groups is 1. The van der Waals surface area contributed by atoms with Gasteiger partial charge in [-0.1, -0.05) is 13.8 Å². The summed E-state index contributed by atoms with van der Waals surface area (Å²) in [6.07, 6.45) is 5.71. The Morgan fingerprint density at radius 3 is 2.35 bits per heavy atom. The second-order valence-electron chi connectivity index (χ2n) is 6.90. The average molecular weight is 238 g/mol. The minimum atomic E-state index is -0.174. The summed E-state index contributed by atoms with van der Waals surface area (Å²) in [5, 5.41) is 6.54. The Balaban J connectivity index is 1.84. The van der Waals surface area contributed by atoms with Crippen LogP contribution in [-0.2, 0) is 4.79 Å². The number of amides is 1. The zero-order valence-electron chi connectivity index (χ0n) is 11.4. The van der Waals surface area contributed by atoms with E-state index in [-0.39, 0.29) is 11.3 Å². The first-order chi connectivity index (χ1) is 7.91. The van der Waals surface area contributed by atoms with Crippen LogP contribution in [0.3, 0.4) is 0 Å². The van der Waals surface area contributed by atoms with Gasteiger partial charge in [-0.25, -0.2) is 0 Å². The van der Waals surface area contributed by atoms with Gasteiger partial charge in [0.05, 0.1) is 5.41 Å². The van der Waals surface area contributed by atoms with Crippen molar-refractivity contribution in [3.05, 3.63) is 0 Å².